The zero-order valence-corrected chi connectivity index (χ0v) is 7.24. The van der Waals surface area contributed by atoms with Gasteiger partial charge in [-0.3, -0.25) is 4.79 Å². The summed E-state index contributed by atoms with van der Waals surface area (Å²) >= 11 is 0. The van der Waals surface area contributed by atoms with Crippen LogP contribution >= 0.6 is 0 Å². The predicted molar refractivity (Wildman–Crippen MR) is 44.9 cm³/mol. The third kappa shape index (κ3) is 5.70. The average molecular weight is 185 g/mol. The zero-order valence-electron chi connectivity index (χ0n) is 7.24. The molecule has 1 unspecified atom stereocenters. The Kier molecular flexibility index (Phi) is 5.32. The maximum atomic E-state index is 11.0. The van der Waals surface area contributed by atoms with E-state index in [1.54, 1.807) is 0 Å². The number of terminal acetylenes is 1. The van der Waals surface area contributed by atoms with Crippen LogP contribution in [0, 0.1) is 12.3 Å². The largest absolute Gasteiger partial charge is 0.480 e. The van der Waals surface area contributed by atoms with Gasteiger partial charge in [0, 0.05) is 0 Å². The lowest BCUT2D eigenvalue weighted by Gasteiger charge is -2.09. The Bertz CT molecular complexity index is 231. The molecule has 0 heterocycles. The van der Waals surface area contributed by atoms with Crippen LogP contribution in [-0.4, -0.2) is 36.2 Å². The molecule has 13 heavy (non-hydrogen) atoms. The summed E-state index contributed by atoms with van der Waals surface area (Å²) in [5.74, 6) is 0.683. The van der Waals surface area contributed by atoms with E-state index in [9.17, 15) is 9.59 Å². The van der Waals surface area contributed by atoms with Crippen LogP contribution in [0.3, 0.4) is 0 Å². The molecule has 0 aliphatic rings. The van der Waals surface area contributed by atoms with Crippen molar-refractivity contribution in [1.82, 2.24) is 5.32 Å². The topological polar surface area (TPSA) is 75.6 Å². The molecule has 0 aliphatic heterocycles. The van der Waals surface area contributed by atoms with Crippen LogP contribution in [0.25, 0.3) is 0 Å². The van der Waals surface area contributed by atoms with Crippen molar-refractivity contribution in [1.29, 1.82) is 0 Å². The van der Waals surface area contributed by atoms with Gasteiger partial charge >= 0.3 is 5.97 Å². The van der Waals surface area contributed by atoms with E-state index in [-0.39, 0.29) is 6.54 Å². The maximum Gasteiger partial charge on any atom is 0.329 e. The second kappa shape index (κ2) is 6.03. The summed E-state index contributed by atoms with van der Waals surface area (Å²) in [7, 11) is 0. The third-order valence-electron chi connectivity index (χ3n) is 1.19. The van der Waals surface area contributed by atoms with E-state index in [0.29, 0.717) is 0 Å². The van der Waals surface area contributed by atoms with Crippen molar-refractivity contribution in [2.45, 2.75) is 13.0 Å². The van der Waals surface area contributed by atoms with Gasteiger partial charge in [0.25, 0.3) is 0 Å². The minimum Gasteiger partial charge on any atom is -0.480 e. The first-order valence-corrected chi connectivity index (χ1v) is 3.62. The SMILES string of the molecule is C#CCNC(=O)C(C)OCC(=O)O. The number of amides is 1. The number of carboxylic acids is 1. The van der Waals surface area contributed by atoms with Gasteiger partial charge in [-0.1, -0.05) is 5.92 Å². The van der Waals surface area contributed by atoms with Crippen molar-refractivity contribution in [3.63, 3.8) is 0 Å². The van der Waals surface area contributed by atoms with Crippen molar-refractivity contribution in [2.24, 2.45) is 0 Å². The molecule has 0 saturated heterocycles. The molecule has 0 rings (SSSR count). The van der Waals surface area contributed by atoms with E-state index in [1.165, 1.54) is 6.92 Å². The fourth-order valence-corrected chi connectivity index (χ4v) is 0.554. The molecule has 0 fully saturated rings. The Morgan fingerprint density at radius 2 is 2.31 bits per heavy atom. The number of carboxylic acid groups (broad SMARTS) is 1. The molecule has 0 radical (unpaired) electrons. The molecule has 0 aliphatic carbocycles. The Morgan fingerprint density at radius 3 is 2.77 bits per heavy atom. The van der Waals surface area contributed by atoms with E-state index in [0.717, 1.165) is 0 Å². The fourth-order valence-electron chi connectivity index (χ4n) is 0.554. The molecule has 1 amide bonds. The first kappa shape index (κ1) is 11.5. The molecule has 0 aromatic rings. The minimum atomic E-state index is -1.11. The Morgan fingerprint density at radius 1 is 1.69 bits per heavy atom. The maximum absolute atomic E-state index is 11.0. The van der Waals surface area contributed by atoms with E-state index < -0.39 is 24.6 Å². The zero-order chi connectivity index (χ0) is 10.3. The molecule has 0 spiro atoms. The Labute approximate surface area is 76.1 Å². The first-order chi connectivity index (χ1) is 6.07. The van der Waals surface area contributed by atoms with Gasteiger partial charge < -0.3 is 15.2 Å². The highest BCUT2D eigenvalue weighted by atomic mass is 16.5. The molecular weight excluding hydrogens is 174 g/mol. The molecule has 5 heteroatoms. The number of hydrogen-bond acceptors (Lipinski definition) is 3. The number of carbonyl (C=O) groups is 2. The third-order valence-corrected chi connectivity index (χ3v) is 1.19. The van der Waals surface area contributed by atoms with Gasteiger partial charge in [-0.15, -0.1) is 6.42 Å². The van der Waals surface area contributed by atoms with Gasteiger partial charge in [-0.05, 0) is 6.92 Å². The number of carbonyl (C=O) groups excluding carboxylic acids is 1. The molecule has 1 atom stereocenters. The second-order valence-electron chi connectivity index (χ2n) is 2.27. The monoisotopic (exact) mass is 185 g/mol. The van der Waals surface area contributed by atoms with Crippen molar-refractivity contribution in [3.8, 4) is 12.3 Å². The van der Waals surface area contributed by atoms with Crippen molar-refractivity contribution < 1.29 is 19.4 Å². The van der Waals surface area contributed by atoms with Gasteiger partial charge in [0.05, 0.1) is 6.54 Å². The number of ether oxygens (including phenoxy) is 1. The summed E-state index contributed by atoms with van der Waals surface area (Å²) in [5, 5.41) is 10.6. The number of aliphatic carboxylic acids is 1. The van der Waals surface area contributed by atoms with Crippen LogP contribution in [-0.2, 0) is 14.3 Å². The molecular formula is C8H11NO4. The van der Waals surface area contributed by atoms with Crippen LogP contribution in [0.5, 0.6) is 0 Å². The Balaban J connectivity index is 3.70. The first-order valence-electron chi connectivity index (χ1n) is 3.62. The van der Waals surface area contributed by atoms with Gasteiger partial charge in [0.15, 0.2) is 0 Å². The van der Waals surface area contributed by atoms with Crippen LogP contribution in [0.4, 0.5) is 0 Å². The lowest BCUT2D eigenvalue weighted by atomic mass is 10.4. The quantitative estimate of drug-likeness (QED) is 0.551. The molecule has 72 valence electrons. The predicted octanol–water partition coefficient (Wildman–Crippen LogP) is -0.774. The smallest absolute Gasteiger partial charge is 0.329 e. The van der Waals surface area contributed by atoms with Gasteiger partial charge in [0.2, 0.25) is 5.91 Å². The lowest BCUT2D eigenvalue weighted by molar-refractivity contribution is -0.147. The molecule has 5 nitrogen and oxygen atoms in total. The van der Waals surface area contributed by atoms with Crippen molar-refractivity contribution in [2.75, 3.05) is 13.2 Å². The second-order valence-corrected chi connectivity index (χ2v) is 2.27. The Hall–Kier alpha value is -1.54. The minimum absolute atomic E-state index is 0.111. The summed E-state index contributed by atoms with van der Waals surface area (Å²) in [5.41, 5.74) is 0. The molecule has 2 N–H and O–H groups in total. The summed E-state index contributed by atoms with van der Waals surface area (Å²) in [4.78, 5) is 21.0. The molecule has 0 saturated carbocycles. The van der Waals surface area contributed by atoms with E-state index in [1.807, 2.05) is 0 Å². The molecule has 0 aromatic heterocycles. The highest BCUT2D eigenvalue weighted by Gasteiger charge is 2.13. The number of nitrogens with one attached hydrogen (secondary N) is 1. The van der Waals surface area contributed by atoms with Crippen LogP contribution in [0.15, 0.2) is 0 Å². The van der Waals surface area contributed by atoms with Crippen LogP contribution in [0.1, 0.15) is 6.92 Å². The lowest BCUT2D eigenvalue weighted by Crippen LogP contribution is -2.35. The number of rotatable bonds is 5. The fraction of sp³-hybridized carbons (Fsp3) is 0.500. The summed E-state index contributed by atoms with van der Waals surface area (Å²) in [6.45, 7) is 1.07. The molecule has 0 bridgehead atoms. The summed E-state index contributed by atoms with van der Waals surface area (Å²) in [6.07, 6.45) is 4.10. The highest BCUT2D eigenvalue weighted by molar-refractivity contribution is 5.81. The van der Waals surface area contributed by atoms with Crippen molar-refractivity contribution in [3.05, 3.63) is 0 Å². The van der Waals surface area contributed by atoms with Gasteiger partial charge in [-0.25, -0.2) is 4.79 Å². The van der Waals surface area contributed by atoms with Crippen molar-refractivity contribution >= 4 is 11.9 Å². The molecule has 0 aromatic carbocycles. The van der Waals surface area contributed by atoms with Gasteiger partial charge in [-0.2, -0.15) is 0 Å². The normalized spacial score (nSPS) is 11.4. The van der Waals surface area contributed by atoms with Crippen LogP contribution in [0.2, 0.25) is 0 Å². The van der Waals surface area contributed by atoms with E-state index in [2.05, 4.69) is 16.0 Å². The number of hydrogen-bond donors (Lipinski definition) is 2. The summed E-state index contributed by atoms with van der Waals surface area (Å²) < 4.78 is 4.68. The standard InChI is InChI=1S/C8H11NO4/c1-3-4-9-8(12)6(2)13-5-7(10)11/h1,6H,4-5H2,2H3,(H,9,12)(H,10,11). The van der Waals surface area contributed by atoms with Gasteiger partial charge in [0.1, 0.15) is 12.7 Å². The summed E-state index contributed by atoms with van der Waals surface area (Å²) in [6, 6.07) is 0. The van der Waals surface area contributed by atoms with Crippen LogP contribution < -0.4 is 5.32 Å². The van der Waals surface area contributed by atoms with E-state index in [4.69, 9.17) is 11.5 Å². The highest BCUT2D eigenvalue weighted by Crippen LogP contribution is 1.89. The van der Waals surface area contributed by atoms with E-state index >= 15 is 0 Å². The average Bonchev–Trinajstić information content (AvgIpc) is 2.10.